The lowest BCUT2D eigenvalue weighted by atomic mass is 9.99. The summed E-state index contributed by atoms with van der Waals surface area (Å²) in [5.41, 5.74) is 1.35. The summed E-state index contributed by atoms with van der Waals surface area (Å²) < 4.78 is 26.9. The molecule has 148 valence electrons. The van der Waals surface area contributed by atoms with Crippen LogP contribution in [0.1, 0.15) is 11.1 Å². The molecule has 0 radical (unpaired) electrons. The molecular weight excluding hydrogens is 376 g/mol. The number of benzene rings is 3. The van der Waals surface area contributed by atoms with E-state index in [1.165, 1.54) is 36.4 Å². The van der Waals surface area contributed by atoms with Crippen LogP contribution in [-0.4, -0.2) is 23.5 Å². The second-order valence-electron chi connectivity index (χ2n) is 6.63. The van der Waals surface area contributed by atoms with Crippen molar-refractivity contribution in [3.63, 3.8) is 0 Å². The molecule has 0 bridgehead atoms. The molecule has 3 rings (SSSR count). The van der Waals surface area contributed by atoms with Crippen molar-refractivity contribution in [3.8, 4) is 0 Å². The van der Waals surface area contributed by atoms with E-state index in [-0.39, 0.29) is 18.8 Å². The molecule has 4 nitrogen and oxygen atoms in total. The van der Waals surface area contributed by atoms with Gasteiger partial charge in [-0.1, -0.05) is 42.5 Å². The summed E-state index contributed by atoms with van der Waals surface area (Å²) >= 11 is 0. The van der Waals surface area contributed by atoms with Gasteiger partial charge in [0.1, 0.15) is 11.6 Å². The van der Waals surface area contributed by atoms with E-state index in [1.54, 1.807) is 36.4 Å². The van der Waals surface area contributed by atoms with Gasteiger partial charge < -0.3 is 10.4 Å². The number of nitrogens with one attached hydrogen (secondary N) is 1. The third-order valence-corrected chi connectivity index (χ3v) is 4.59. The number of carbonyl (C=O) groups is 2. The van der Waals surface area contributed by atoms with Crippen molar-refractivity contribution in [2.45, 2.75) is 6.42 Å². The number of rotatable bonds is 7. The highest BCUT2D eigenvalue weighted by Gasteiger charge is 2.18. The van der Waals surface area contributed by atoms with E-state index in [4.69, 9.17) is 0 Å². The monoisotopic (exact) mass is 395 g/mol. The fraction of sp³-hybridized carbons (Fsp3) is 0.130. The van der Waals surface area contributed by atoms with Gasteiger partial charge in [0, 0.05) is 18.0 Å². The Morgan fingerprint density at radius 2 is 1.66 bits per heavy atom. The van der Waals surface area contributed by atoms with Crippen LogP contribution in [0.15, 0.2) is 66.7 Å². The molecule has 0 saturated carbocycles. The quantitative estimate of drug-likeness (QED) is 0.590. The van der Waals surface area contributed by atoms with E-state index in [9.17, 15) is 23.5 Å². The molecule has 0 spiro atoms. The first-order valence-electron chi connectivity index (χ1n) is 9.04. The smallest absolute Gasteiger partial charge is 0.308 e. The third kappa shape index (κ3) is 5.25. The van der Waals surface area contributed by atoms with E-state index in [1.807, 2.05) is 0 Å². The standard InChI is InChI=1S/C23H19F2NO3/c24-18-9-5-15(6-10-18)13-17(23(28)29)14-26-22(27)12-8-16-7-11-21(25)20-4-2-1-3-19(16)20/h1-12,17H,13-14H2,(H,26,27)(H,28,29)/b12-8+. The normalized spacial score (nSPS) is 12.2. The van der Waals surface area contributed by atoms with Gasteiger partial charge in [-0.15, -0.1) is 0 Å². The van der Waals surface area contributed by atoms with Crippen LogP contribution in [0.2, 0.25) is 0 Å². The van der Waals surface area contributed by atoms with Crippen molar-refractivity contribution < 1.29 is 23.5 Å². The molecule has 29 heavy (non-hydrogen) atoms. The minimum atomic E-state index is -1.05. The molecule has 0 aliphatic carbocycles. The molecular formula is C23H19F2NO3. The zero-order chi connectivity index (χ0) is 20.8. The highest BCUT2D eigenvalue weighted by Crippen LogP contribution is 2.22. The molecule has 0 aliphatic rings. The number of halogens is 2. The van der Waals surface area contributed by atoms with Crippen molar-refractivity contribution >= 4 is 28.7 Å². The van der Waals surface area contributed by atoms with E-state index < -0.39 is 23.6 Å². The molecule has 0 saturated heterocycles. The van der Waals surface area contributed by atoms with Crippen LogP contribution >= 0.6 is 0 Å². The number of carboxylic acid groups (broad SMARTS) is 1. The number of hydrogen-bond donors (Lipinski definition) is 2. The second kappa shape index (κ2) is 9.10. The molecule has 1 atom stereocenters. The number of carboxylic acids is 1. The minimum Gasteiger partial charge on any atom is -0.481 e. The Kier molecular flexibility index (Phi) is 6.34. The second-order valence-corrected chi connectivity index (χ2v) is 6.63. The molecule has 1 amide bonds. The van der Waals surface area contributed by atoms with Crippen molar-refractivity contribution in [1.82, 2.24) is 5.32 Å². The van der Waals surface area contributed by atoms with Crippen LogP contribution < -0.4 is 5.32 Å². The summed E-state index contributed by atoms with van der Waals surface area (Å²) in [6.07, 6.45) is 3.02. The fourth-order valence-corrected chi connectivity index (χ4v) is 3.03. The summed E-state index contributed by atoms with van der Waals surface area (Å²) in [4.78, 5) is 23.6. The van der Waals surface area contributed by atoms with Crippen molar-refractivity contribution in [1.29, 1.82) is 0 Å². The highest BCUT2D eigenvalue weighted by atomic mass is 19.1. The first-order chi connectivity index (χ1) is 13.9. The van der Waals surface area contributed by atoms with Crippen LogP contribution in [-0.2, 0) is 16.0 Å². The molecule has 3 aromatic rings. The zero-order valence-electron chi connectivity index (χ0n) is 15.4. The van der Waals surface area contributed by atoms with Gasteiger partial charge in [-0.3, -0.25) is 9.59 Å². The largest absolute Gasteiger partial charge is 0.481 e. The van der Waals surface area contributed by atoms with Crippen LogP contribution in [0, 0.1) is 17.6 Å². The van der Waals surface area contributed by atoms with Gasteiger partial charge in [-0.05, 0) is 47.2 Å². The Morgan fingerprint density at radius 1 is 0.966 bits per heavy atom. The summed E-state index contributed by atoms with van der Waals surface area (Å²) in [7, 11) is 0. The summed E-state index contributed by atoms with van der Waals surface area (Å²) in [5.74, 6) is -3.09. The fourth-order valence-electron chi connectivity index (χ4n) is 3.03. The molecule has 0 fully saturated rings. The first kappa shape index (κ1) is 20.2. The van der Waals surface area contributed by atoms with Crippen molar-refractivity contribution in [3.05, 3.63) is 89.5 Å². The molecule has 0 aliphatic heterocycles. The van der Waals surface area contributed by atoms with Gasteiger partial charge in [0.05, 0.1) is 5.92 Å². The number of aliphatic carboxylic acids is 1. The number of fused-ring (bicyclic) bond motifs is 1. The maximum Gasteiger partial charge on any atom is 0.308 e. The Bertz CT molecular complexity index is 1060. The number of carbonyl (C=O) groups excluding carboxylic acids is 1. The first-order valence-corrected chi connectivity index (χ1v) is 9.04. The summed E-state index contributed by atoms with van der Waals surface area (Å²) in [6.45, 7) is -0.0694. The Labute approximate surface area is 166 Å². The van der Waals surface area contributed by atoms with Crippen molar-refractivity contribution in [2.75, 3.05) is 6.54 Å². The van der Waals surface area contributed by atoms with Gasteiger partial charge in [0.25, 0.3) is 0 Å². The maximum absolute atomic E-state index is 13.9. The average molecular weight is 395 g/mol. The molecule has 6 heteroatoms. The SMILES string of the molecule is O=C(/C=C/c1ccc(F)c2ccccc12)NCC(Cc1ccc(F)cc1)C(=O)O. The molecule has 0 heterocycles. The zero-order valence-corrected chi connectivity index (χ0v) is 15.4. The Hall–Kier alpha value is -3.54. The predicted molar refractivity (Wildman–Crippen MR) is 107 cm³/mol. The van der Waals surface area contributed by atoms with Gasteiger partial charge in [-0.25, -0.2) is 8.78 Å². The van der Waals surface area contributed by atoms with E-state index in [0.717, 1.165) is 0 Å². The van der Waals surface area contributed by atoms with E-state index >= 15 is 0 Å². The minimum absolute atomic E-state index is 0.0694. The van der Waals surface area contributed by atoms with E-state index in [0.29, 0.717) is 21.9 Å². The molecule has 3 aromatic carbocycles. The summed E-state index contributed by atoms with van der Waals surface area (Å²) in [6, 6.07) is 15.4. The summed E-state index contributed by atoms with van der Waals surface area (Å²) in [5, 5.41) is 13.1. The molecule has 1 unspecified atom stereocenters. The number of hydrogen-bond acceptors (Lipinski definition) is 2. The Morgan fingerprint density at radius 3 is 2.34 bits per heavy atom. The maximum atomic E-state index is 13.9. The van der Waals surface area contributed by atoms with Gasteiger partial charge in [0.2, 0.25) is 5.91 Å². The third-order valence-electron chi connectivity index (χ3n) is 4.59. The molecule has 2 N–H and O–H groups in total. The lowest BCUT2D eigenvalue weighted by Gasteiger charge is -2.13. The highest BCUT2D eigenvalue weighted by molar-refractivity contribution is 5.97. The van der Waals surface area contributed by atoms with Crippen molar-refractivity contribution in [2.24, 2.45) is 5.92 Å². The lowest BCUT2D eigenvalue weighted by molar-refractivity contribution is -0.141. The van der Waals surface area contributed by atoms with Gasteiger partial charge in [0.15, 0.2) is 0 Å². The molecule has 0 aromatic heterocycles. The predicted octanol–water partition coefficient (Wildman–Crippen LogP) is 4.19. The van der Waals surface area contributed by atoms with Crippen LogP contribution in [0.4, 0.5) is 8.78 Å². The lowest BCUT2D eigenvalue weighted by Crippen LogP contribution is -2.33. The van der Waals surface area contributed by atoms with Crippen LogP contribution in [0.3, 0.4) is 0 Å². The average Bonchev–Trinajstić information content (AvgIpc) is 2.72. The van der Waals surface area contributed by atoms with Gasteiger partial charge in [-0.2, -0.15) is 0 Å². The van der Waals surface area contributed by atoms with Crippen LogP contribution in [0.5, 0.6) is 0 Å². The number of amides is 1. The van der Waals surface area contributed by atoms with E-state index in [2.05, 4.69) is 5.32 Å². The Balaban J connectivity index is 1.64. The van der Waals surface area contributed by atoms with Gasteiger partial charge >= 0.3 is 5.97 Å². The van der Waals surface area contributed by atoms with Crippen LogP contribution in [0.25, 0.3) is 16.8 Å². The topological polar surface area (TPSA) is 66.4 Å².